The monoisotopic (exact) mass is 285 g/mol. The van der Waals surface area contributed by atoms with Gasteiger partial charge in [0.25, 0.3) is 0 Å². The lowest BCUT2D eigenvalue weighted by Crippen LogP contribution is -2.45. The second-order valence-corrected chi connectivity index (χ2v) is 6.32. The molecule has 1 atom stereocenters. The molecule has 0 spiro atoms. The number of aliphatic hydroxyl groups is 1. The minimum Gasteiger partial charge on any atom is -0.388 e. The van der Waals surface area contributed by atoms with Crippen molar-refractivity contribution in [1.82, 2.24) is 10.3 Å². The van der Waals surface area contributed by atoms with Crippen molar-refractivity contribution in [2.24, 2.45) is 5.92 Å². The number of aromatic nitrogens is 1. The first-order valence-electron chi connectivity index (χ1n) is 6.57. The van der Waals surface area contributed by atoms with Crippen LogP contribution in [0.5, 0.6) is 0 Å². The molecule has 19 heavy (non-hydrogen) atoms. The van der Waals surface area contributed by atoms with E-state index in [2.05, 4.69) is 22.5 Å². The van der Waals surface area contributed by atoms with Crippen molar-refractivity contribution in [3.05, 3.63) is 11.1 Å². The third-order valence-corrected chi connectivity index (χ3v) is 4.09. The van der Waals surface area contributed by atoms with Crippen molar-refractivity contribution in [1.29, 1.82) is 0 Å². The number of aryl methyl sites for hydroxylation is 1. The standard InChI is InChI=1S/C13H23N3O2S/c1-5-6-10-7-14-12(19-10)16-11(17)15-8-13(4,18)9(2)3/h7,9,18H,5-6,8H2,1-4H3,(H2,14,15,16,17). The Morgan fingerprint density at radius 1 is 1.58 bits per heavy atom. The molecular weight excluding hydrogens is 262 g/mol. The van der Waals surface area contributed by atoms with Crippen LogP contribution in [0.4, 0.5) is 9.93 Å². The molecule has 5 nitrogen and oxygen atoms in total. The fraction of sp³-hybridized carbons (Fsp3) is 0.692. The van der Waals surface area contributed by atoms with Gasteiger partial charge in [-0.15, -0.1) is 11.3 Å². The van der Waals surface area contributed by atoms with Gasteiger partial charge in [0, 0.05) is 17.6 Å². The van der Waals surface area contributed by atoms with E-state index in [1.807, 2.05) is 13.8 Å². The number of rotatable bonds is 6. The molecule has 1 unspecified atom stereocenters. The van der Waals surface area contributed by atoms with Crippen LogP contribution >= 0.6 is 11.3 Å². The van der Waals surface area contributed by atoms with Crippen molar-refractivity contribution in [2.45, 2.75) is 46.1 Å². The summed E-state index contributed by atoms with van der Waals surface area (Å²) in [6.07, 6.45) is 3.82. The number of amides is 2. The molecule has 0 radical (unpaired) electrons. The molecule has 1 heterocycles. The van der Waals surface area contributed by atoms with Gasteiger partial charge >= 0.3 is 6.03 Å². The number of thiazole rings is 1. The molecule has 6 heteroatoms. The van der Waals surface area contributed by atoms with Crippen LogP contribution in [0.1, 0.15) is 39.0 Å². The lowest BCUT2D eigenvalue weighted by molar-refractivity contribution is 0.0170. The second kappa shape index (κ2) is 6.86. The molecule has 0 saturated heterocycles. The van der Waals surface area contributed by atoms with Crippen LogP contribution in [0.3, 0.4) is 0 Å². The summed E-state index contributed by atoms with van der Waals surface area (Å²) in [6.45, 7) is 7.85. The summed E-state index contributed by atoms with van der Waals surface area (Å²) in [4.78, 5) is 17.0. The van der Waals surface area contributed by atoms with Crippen LogP contribution in [0.25, 0.3) is 0 Å². The van der Waals surface area contributed by atoms with Crippen LogP contribution < -0.4 is 10.6 Å². The smallest absolute Gasteiger partial charge is 0.321 e. The third kappa shape index (κ3) is 5.16. The second-order valence-electron chi connectivity index (χ2n) is 5.20. The Morgan fingerprint density at radius 3 is 2.84 bits per heavy atom. The van der Waals surface area contributed by atoms with Gasteiger partial charge in [0.15, 0.2) is 5.13 Å². The van der Waals surface area contributed by atoms with E-state index in [1.54, 1.807) is 13.1 Å². The number of carbonyl (C=O) groups excluding carboxylic acids is 1. The third-order valence-electron chi connectivity index (χ3n) is 3.12. The molecule has 0 aliphatic carbocycles. The summed E-state index contributed by atoms with van der Waals surface area (Å²) in [6, 6.07) is -0.335. The largest absolute Gasteiger partial charge is 0.388 e. The summed E-state index contributed by atoms with van der Waals surface area (Å²) < 4.78 is 0. The number of carbonyl (C=O) groups is 1. The molecule has 0 saturated carbocycles. The number of nitrogens with zero attached hydrogens (tertiary/aromatic N) is 1. The number of urea groups is 1. The Kier molecular flexibility index (Phi) is 5.75. The highest BCUT2D eigenvalue weighted by atomic mass is 32.1. The lowest BCUT2D eigenvalue weighted by atomic mass is 9.93. The summed E-state index contributed by atoms with van der Waals surface area (Å²) in [5.74, 6) is 0.0730. The van der Waals surface area contributed by atoms with Crippen LogP contribution in [0.15, 0.2) is 6.20 Å². The average Bonchev–Trinajstić information content (AvgIpc) is 2.74. The van der Waals surface area contributed by atoms with Crippen LogP contribution in [0.2, 0.25) is 0 Å². The fourth-order valence-electron chi connectivity index (χ4n) is 1.33. The summed E-state index contributed by atoms with van der Waals surface area (Å²) in [5.41, 5.74) is -0.909. The zero-order chi connectivity index (χ0) is 14.5. The molecule has 0 aromatic carbocycles. The highest BCUT2D eigenvalue weighted by Crippen LogP contribution is 2.19. The molecule has 2 amide bonds. The molecule has 108 valence electrons. The van der Waals surface area contributed by atoms with E-state index >= 15 is 0 Å². The number of nitrogens with one attached hydrogen (secondary N) is 2. The minimum absolute atomic E-state index is 0.0730. The Labute approximate surface area is 118 Å². The number of hydrogen-bond donors (Lipinski definition) is 3. The maximum atomic E-state index is 11.7. The van der Waals surface area contributed by atoms with Gasteiger partial charge in [0.1, 0.15) is 0 Å². The Balaban J connectivity index is 2.42. The summed E-state index contributed by atoms with van der Waals surface area (Å²) in [7, 11) is 0. The van der Waals surface area contributed by atoms with Crippen molar-refractivity contribution in [2.75, 3.05) is 11.9 Å². The Morgan fingerprint density at radius 2 is 2.26 bits per heavy atom. The zero-order valence-corrected chi connectivity index (χ0v) is 12.8. The number of hydrogen-bond acceptors (Lipinski definition) is 4. The predicted molar refractivity (Wildman–Crippen MR) is 78.6 cm³/mol. The van der Waals surface area contributed by atoms with Crippen molar-refractivity contribution >= 4 is 22.5 Å². The van der Waals surface area contributed by atoms with E-state index in [-0.39, 0.29) is 18.5 Å². The SMILES string of the molecule is CCCc1cnc(NC(=O)NCC(C)(O)C(C)C)s1. The van der Waals surface area contributed by atoms with E-state index in [0.29, 0.717) is 5.13 Å². The quantitative estimate of drug-likeness (QED) is 0.752. The van der Waals surface area contributed by atoms with Crippen LogP contribution in [-0.4, -0.2) is 28.3 Å². The van der Waals surface area contributed by atoms with Crippen molar-refractivity contribution in [3.8, 4) is 0 Å². The van der Waals surface area contributed by atoms with Crippen LogP contribution in [-0.2, 0) is 6.42 Å². The van der Waals surface area contributed by atoms with E-state index in [0.717, 1.165) is 17.7 Å². The molecule has 3 N–H and O–H groups in total. The van der Waals surface area contributed by atoms with E-state index in [4.69, 9.17) is 0 Å². The Hall–Kier alpha value is -1.14. The normalized spacial score (nSPS) is 14.2. The molecule has 0 aliphatic rings. The maximum Gasteiger partial charge on any atom is 0.321 e. The fourth-order valence-corrected chi connectivity index (χ4v) is 2.24. The van der Waals surface area contributed by atoms with Gasteiger partial charge in [0.05, 0.1) is 5.60 Å². The van der Waals surface area contributed by atoms with E-state index in [9.17, 15) is 9.90 Å². The molecule has 1 aromatic heterocycles. The van der Waals surface area contributed by atoms with E-state index < -0.39 is 5.60 Å². The maximum absolute atomic E-state index is 11.7. The van der Waals surface area contributed by atoms with Gasteiger partial charge in [0.2, 0.25) is 0 Å². The molecule has 0 bridgehead atoms. The van der Waals surface area contributed by atoms with Crippen molar-refractivity contribution in [3.63, 3.8) is 0 Å². The molecular formula is C13H23N3O2S. The highest BCUT2D eigenvalue weighted by Gasteiger charge is 2.25. The first-order valence-corrected chi connectivity index (χ1v) is 7.38. The topological polar surface area (TPSA) is 74.2 Å². The van der Waals surface area contributed by atoms with Gasteiger partial charge in [-0.05, 0) is 19.3 Å². The van der Waals surface area contributed by atoms with Gasteiger partial charge in [-0.25, -0.2) is 9.78 Å². The molecule has 0 fully saturated rings. The Bertz CT molecular complexity index is 416. The lowest BCUT2D eigenvalue weighted by Gasteiger charge is -2.27. The minimum atomic E-state index is -0.909. The first-order chi connectivity index (χ1) is 8.85. The van der Waals surface area contributed by atoms with Gasteiger partial charge in [-0.1, -0.05) is 27.2 Å². The van der Waals surface area contributed by atoms with Crippen molar-refractivity contribution < 1.29 is 9.90 Å². The van der Waals surface area contributed by atoms with Gasteiger partial charge < -0.3 is 10.4 Å². The zero-order valence-electron chi connectivity index (χ0n) is 12.0. The molecule has 1 aromatic rings. The number of anilines is 1. The van der Waals surface area contributed by atoms with E-state index in [1.165, 1.54) is 11.3 Å². The van der Waals surface area contributed by atoms with Crippen LogP contribution in [0, 0.1) is 5.92 Å². The predicted octanol–water partition coefficient (Wildman–Crippen LogP) is 2.62. The molecule has 1 rings (SSSR count). The van der Waals surface area contributed by atoms with Gasteiger partial charge in [-0.3, -0.25) is 5.32 Å². The molecule has 0 aliphatic heterocycles. The van der Waals surface area contributed by atoms with Gasteiger partial charge in [-0.2, -0.15) is 0 Å². The summed E-state index contributed by atoms with van der Waals surface area (Å²) >= 11 is 1.48. The summed E-state index contributed by atoms with van der Waals surface area (Å²) in [5, 5.41) is 16.0. The first kappa shape index (κ1) is 15.9. The average molecular weight is 285 g/mol. The highest BCUT2D eigenvalue weighted by molar-refractivity contribution is 7.15.